The number of hydrogen-bond donors (Lipinski definition) is 3. The van der Waals surface area contributed by atoms with E-state index in [-0.39, 0.29) is 5.56 Å². The van der Waals surface area contributed by atoms with E-state index < -0.39 is 5.97 Å². The van der Waals surface area contributed by atoms with Gasteiger partial charge in [-0.2, -0.15) is 0 Å². The van der Waals surface area contributed by atoms with Crippen molar-refractivity contribution in [1.29, 1.82) is 0 Å². The van der Waals surface area contributed by atoms with Crippen molar-refractivity contribution in [3.63, 3.8) is 0 Å². The van der Waals surface area contributed by atoms with Gasteiger partial charge in [0.15, 0.2) is 0 Å². The molecular weight excluding hydrogens is 242 g/mol. The molecule has 5 nitrogen and oxygen atoms in total. The van der Waals surface area contributed by atoms with Crippen molar-refractivity contribution >= 4 is 17.3 Å². The third-order valence-electron chi connectivity index (χ3n) is 3.71. The van der Waals surface area contributed by atoms with E-state index in [2.05, 4.69) is 17.3 Å². The maximum absolute atomic E-state index is 11.1. The van der Waals surface area contributed by atoms with Crippen LogP contribution in [0.2, 0.25) is 0 Å². The number of nitrogens with two attached hydrogens (primary N) is 1. The molecule has 0 saturated carbocycles. The van der Waals surface area contributed by atoms with Crippen LogP contribution in [0.5, 0.6) is 0 Å². The number of piperidine rings is 1. The minimum Gasteiger partial charge on any atom is -0.478 e. The molecule has 1 aliphatic rings. The van der Waals surface area contributed by atoms with Crippen molar-refractivity contribution in [2.24, 2.45) is 0 Å². The van der Waals surface area contributed by atoms with E-state index in [0.717, 1.165) is 37.2 Å². The Morgan fingerprint density at radius 1 is 1.42 bits per heavy atom. The Bertz CT molecular complexity index is 480. The number of benzene rings is 1. The fourth-order valence-electron chi connectivity index (χ4n) is 2.45. The monoisotopic (exact) mass is 263 g/mol. The van der Waals surface area contributed by atoms with E-state index in [4.69, 9.17) is 10.8 Å². The molecule has 1 fully saturated rings. The summed E-state index contributed by atoms with van der Waals surface area (Å²) >= 11 is 0. The van der Waals surface area contributed by atoms with Gasteiger partial charge >= 0.3 is 5.97 Å². The highest BCUT2D eigenvalue weighted by Crippen LogP contribution is 2.24. The largest absolute Gasteiger partial charge is 0.478 e. The summed E-state index contributed by atoms with van der Waals surface area (Å²) in [6.45, 7) is 3.97. The summed E-state index contributed by atoms with van der Waals surface area (Å²) < 4.78 is 0. The third kappa shape index (κ3) is 3.17. The second-order valence-electron chi connectivity index (χ2n) is 5.28. The topological polar surface area (TPSA) is 78.6 Å². The Labute approximate surface area is 113 Å². The van der Waals surface area contributed by atoms with E-state index in [0.29, 0.717) is 11.7 Å². The van der Waals surface area contributed by atoms with Crippen molar-refractivity contribution in [3.8, 4) is 0 Å². The standard InChI is InChI=1S/C14H21N3O2/c1-9-7-11(8-12(13(9)15)14(18)19)16-10-3-5-17(2)6-4-10/h7-8,10,16H,3-6,15H2,1-2H3,(H,18,19). The van der Waals surface area contributed by atoms with Gasteiger partial charge in [-0.25, -0.2) is 4.79 Å². The predicted molar refractivity (Wildman–Crippen MR) is 76.7 cm³/mol. The van der Waals surface area contributed by atoms with E-state index >= 15 is 0 Å². The van der Waals surface area contributed by atoms with Crippen LogP contribution in [0.3, 0.4) is 0 Å². The molecule has 0 spiro atoms. The van der Waals surface area contributed by atoms with Crippen molar-refractivity contribution in [3.05, 3.63) is 23.3 Å². The van der Waals surface area contributed by atoms with E-state index in [1.165, 1.54) is 0 Å². The first-order chi connectivity index (χ1) is 8.97. The van der Waals surface area contributed by atoms with Crippen LogP contribution in [0.1, 0.15) is 28.8 Å². The quantitative estimate of drug-likeness (QED) is 0.724. The number of aryl methyl sites for hydroxylation is 1. The van der Waals surface area contributed by atoms with Gasteiger partial charge < -0.3 is 21.1 Å². The number of carboxylic acid groups (broad SMARTS) is 1. The van der Waals surface area contributed by atoms with Crippen LogP contribution >= 0.6 is 0 Å². The number of aromatic carboxylic acids is 1. The van der Waals surface area contributed by atoms with Crippen LogP contribution < -0.4 is 11.1 Å². The number of rotatable bonds is 3. The molecule has 0 atom stereocenters. The molecular formula is C14H21N3O2. The van der Waals surface area contributed by atoms with Crippen molar-refractivity contribution in [2.75, 3.05) is 31.2 Å². The minimum atomic E-state index is -0.979. The number of nitrogens with one attached hydrogen (secondary N) is 1. The summed E-state index contributed by atoms with van der Waals surface area (Å²) in [4.78, 5) is 13.4. The molecule has 4 N–H and O–H groups in total. The molecule has 5 heteroatoms. The van der Waals surface area contributed by atoms with Crippen LogP contribution in [0.4, 0.5) is 11.4 Å². The lowest BCUT2D eigenvalue weighted by molar-refractivity contribution is 0.0698. The number of nitrogen functional groups attached to an aromatic ring is 1. The third-order valence-corrected chi connectivity index (χ3v) is 3.71. The molecule has 0 unspecified atom stereocenters. The van der Waals surface area contributed by atoms with Crippen molar-refractivity contribution in [2.45, 2.75) is 25.8 Å². The number of carbonyl (C=O) groups is 1. The van der Waals surface area contributed by atoms with Crippen LogP contribution in [-0.2, 0) is 0 Å². The minimum absolute atomic E-state index is 0.176. The molecule has 19 heavy (non-hydrogen) atoms. The zero-order valence-electron chi connectivity index (χ0n) is 11.4. The Morgan fingerprint density at radius 2 is 2.05 bits per heavy atom. The van der Waals surface area contributed by atoms with Crippen molar-refractivity contribution in [1.82, 2.24) is 4.90 Å². The van der Waals surface area contributed by atoms with Crippen LogP contribution in [-0.4, -0.2) is 42.2 Å². The highest BCUT2D eigenvalue weighted by Gasteiger charge is 2.18. The molecule has 2 rings (SSSR count). The zero-order chi connectivity index (χ0) is 14.0. The average Bonchev–Trinajstić information content (AvgIpc) is 2.36. The molecule has 1 aromatic carbocycles. The molecule has 104 valence electrons. The lowest BCUT2D eigenvalue weighted by Crippen LogP contribution is -2.36. The highest BCUT2D eigenvalue weighted by molar-refractivity contribution is 5.95. The molecule has 1 aliphatic heterocycles. The SMILES string of the molecule is Cc1cc(NC2CCN(C)CC2)cc(C(=O)O)c1N. The first kappa shape index (κ1) is 13.7. The summed E-state index contributed by atoms with van der Waals surface area (Å²) in [5.74, 6) is -0.979. The Balaban J connectivity index is 2.14. The number of hydrogen-bond acceptors (Lipinski definition) is 4. The number of anilines is 2. The second kappa shape index (κ2) is 5.48. The molecule has 0 aromatic heterocycles. The van der Waals surface area contributed by atoms with Gasteiger partial charge in [0.25, 0.3) is 0 Å². The number of carboxylic acids is 1. The second-order valence-corrected chi connectivity index (χ2v) is 5.28. The molecule has 0 aliphatic carbocycles. The number of likely N-dealkylation sites (tertiary alicyclic amines) is 1. The highest BCUT2D eigenvalue weighted by atomic mass is 16.4. The zero-order valence-corrected chi connectivity index (χ0v) is 11.4. The molecule has 1 aromatic rings. The van der Waals surface area contributed by atoms with Crippen molar-refractivity contribution < 1.29 is 9.90 Å². The van der Waals surface area contributed by atoms with Gasteiger partial charge in [-0.15, -0.1) is 0 Å². The number of nitrogens with zero attached hydrogens (tertiary/aromatic N) is 1. The predicted octanol–water partition coefficient (Wildman–Crippen LogP) is 1.78. The van der Waals surface area contributed by atoms with E-state index in [1.807, 2.05) is 13.0 Å². The van der Waals surface area contributed by atoms with Gasteiger partial charge in [-0.05, 0) is 57.6 Å². The van der Waals surface area contributed by atoms with Crippen LogP contribution in [0, 0.1) is 6.92 Å². The first-order valence-electron chi connectivity index (χ1n) is 6.56. The maximum atomic E-state index is 11.1. The molecule has 0 amide bonds. The first-order valence-corrected chi connectivity index (χ1v) is 6.56. The normalized spacial score (nSPS) is 17.4. The molecule has 1 saturated heterocycles. The van der Waals surface area contributed by atoms with Gasteiger partial charge in [0.05, 0.1) is 5.56 Å². The maximum Gasteiger partial charge on any atom is 0.337 e. The fraction of sp³-hybridized carbons (Fsp3) is 0.500. The van der Waals surface area contributed by atoms with Gasteiger partial charge in [0.2, 0.25) is 0 Å². The fourth-order valence-corrected chi connectivity index (χ4v) is 2.45. The van der Waals surface area contributed by atoms with E-state index in [1.54, 1.807) is 6.07 Å². The Morgan fingerprint density at radius 3 is 2.63 bits per heavy atom. The van der Waals surface area contributed by atoms with Gasteiger partial charge in [-0.3, -0.25) is 0 Å². The summed E-state index contributed by atoms with van der Waals surface area (Å²) in [7, 11) is 2.12. The summed E-state index contributed by atoms with van der Waals surface area (Å²) in [6.07, 6.45) is 2.14. The van der Waals surface area contributed by atoms with Gasteiger partial charge in [0.1, 0.15) is 0 Å². The van der Waals surface area contributed by atoms with Crippen LogP contribution in [0.15, 0.2) is 12.1 Å². The average molecular weight is 263 g/mol. The van der Waals surface area contributed by atoms with Gasteiger partial charge in [0, 0.05) is 17.4 Å². The van der Waals surface area contributed by atoms with Gasteiger partial charge in [-0.1, -0.05) is 0 Å². The Hall–Kier alpha value is -1.75. The summed E-state index contributed by atoms with van der Waals surface area (Å²) in [5, 5.41) is 12.6. The lowest BCUT2D eigenvalue weighted by Gasteiger charge is -2.30. The molecule has 1 heterocycles. The summed E-state index contributed by atoms with van der Waals surface area (Å²) in [5.41, 5.74) is 7.96. The Kier molecular flexibility index (Phi) is 3.95. The molecule has 0 bridgehead atoms. The molecule has 0 radical (unpaired) electrons. The summed E-state index contributed by atoms with van der Waals surface area (Å²) in [6, 6.07) is 3.95. The lowest BCUT2D eigenvalue weighted by atomic mass is 10.0. The smallest absolute Gasteiger partial charge is 0.337 e. The van der Waals surface area contributed by atoms with E-state index in [9.17, 15) is 4.79 Å². The van der Waals surface area contributed by atoms with Crippen LogP contribution in [0.25, 0.3) is 0 Å².